The molecule has 0 aliphatic rings. The molecule has 0 saturated heterocycles. The van der Waals surface area contributed by atoms with Gasteiger partial charge in [-0.25, -0.2) is 5.10 Å². The molecule has 1 aromatic heterocycles. The number of fused-ring (bicyclic) bond motifs is 1. The van der Waals surface area contributed by atoms with Gasteiger partial charge in [-0.2, -0.15) is 5.10 Å². The molecule has 0 radical (unpaired) electrons. The molecule has 0 spiro atoms. The van der Waals surface area contributed by atoms with Crippen LogP contribution in [0.25, 0.3) is 10.8 Å². The summed E-state index contributed by atoms with van der Waals surface area (Å²) in [5.74, 6) is -1.04. The molecule has 0 unspecified atom stereocenters. The van der Waals surface area contributed by atoms with E-state index >= 15 is 0 Å². The van der Waals surface area contributed by atoms with E-state index in [4.69, 9.17) is 0 Å². The van der Waals surface area contributed by atoms with Gasteiger partial charge in [0.25, 0.3) is 11.5 Å². The largest absolute Gasteiger partial charge is 0.573 e. The number of rotatable bonds is 4. The first kappa shape index (κ1) is 17.5. The number of halogens is 3. The van der Waals surface area contributed by atoms with Crippen LogP contribution in [0, 0.1) is 0 Å². The Labute approximate surface area is 144 Å². The smallest absolute Gasteiger partial charge is 0.405 e. The number of amides is 1. The van der Waals surface area contributed by atoms with E-state index in [-0.39, 0.29) is 23.2 Å². The molecular weight excluding hydrogens is 351 g/mol. The number of alkyl halides is 3. The Kier molecular flexibility index (Phi) is 4.61. The van der Waals surface area contributed by atoms with Gasteiger partial charge in [0.2, 0.25) is 0 Å². The predicted molar refractivity (Wildman–Crippen MR) is 86.7 cm³/mol. The van der Waals surface area contributed by atoms with Crippen molar-refractivity contribution < 1.29 is 22.7 Å². The highest BCUT2D eigenvalue weighted by Gasteiger charge is 2.32. The molecule has 0 saturated carbocycles. The molecule has 6 nitrogen and oxygen atoms in total. The van der Waals surface area contributed by atoms with Crippen molar-refractivity contribution in [3.8, 4) is 5.75 Å². The van der Waals surface area contributed by atoms with Crippen LogP contribution in [0.15, 0.2) is 53.3 Å². The van der Waals surface area contributed by atoms with Gasteiger partial charge in [-0.3, -0.25) is 9.59 Å². The van der Waals surface area contributed by atoms with Gasteiger partial charge in [0, 0.05) is 17.5 Å². The summed E-state index contributed by atoms with van der Waals surface area (Å²) < 4.78 is 41.3. The zero-order valence-electron chi connectivity index (χ0n) is 13.1. The van der Waals surface area contributed by atoms with E-state index in [1.807, 2.05) is 0 Å². The summed E-state index contributed by atoms with van der Waals surface area (Å²) in [6.07, 6.45) is -4.84. The zero-order valence-corrected chi connectivity index (χ0v) is 13.1. The minimum Gasteiger partial charge on any atom is -0.405 e. The van der Waals surface area contributed by atoms with Gasteiger partial charge in [-0.05, 0) is 12.1 Å². The van der Waals surface area contributed by atoms with Gasteiger partial charge in [0.15, 0.2) is 5.69 Å². The standard InChI is InChI=1S/C17H12F3N3O3/c18-17(19,20)26-13-8-4-1-5-10(13)9-21-16(25)14-11-6-2-3-7-12(11)15(24)23-22-14/h1-8H,9H2,(H,21,25)(H,23,24). The van der Waals surface area contributed by atoms with Crippen LogP contribution in [0.2, 0.25) is 0 Å². The number of aromatic amines is 1. The van der Waals surface area contributed by atoms with E-state index in [0.29, 0.717) is 5.39 Å². The van der Waals surface area contributed by atoms with Gasteiger partial charge in [0.05, 0.1) is 5.39 Å². The minimum atomic E-state index is -4.84. The number of carbonyl (C=O) groups is 1. The Bertz CT molecular complexity index is 1020. The molecule has 0 aliphatic heterocycles. The average molecular weight is 363 g/mol. The fourth-order valence-electron chi connectivity index (χ4n) is 2.42. The third-order valence-corrected chi connectivity index (χ3v) is 3.55. The molecule has 0 atom stereocenters. The van der Waals surface area contributed by atoms with Crippen molar-refractivity contribution in [2.75, 3.05) is 0 Å². The summed E-state index contributed by atoms with van der Waals surface area (Å²) in [7, 11) is 0. The summed E-state index contributed by atoms with van der Waals surface area (Å²) in [6, 6.07) is 11.9. The molecule has 134 valence electrons. The number of aromatic nitrogens is 2. The van der Waals surface area contributed by atoms with E-state index in [1.165, 1.54) is 18.2 Å². The predicted octanol–water partition coefficient (Wildman–Crippen LogP) is 2.75. The van der Waals surface area contributed by atoms with Gasteiger partial charge < -0.3 is 10.1 Å². The van der Waals surface area contributed by atoms with E-state index in [9.17, 15) is 22.8 Å². The molecule has 2 aromatic carbocycles. The molecule has 2 N–H and O–H groups in total. The van der Waals surface area contributed by atoms with Crippen molar-refractivity contribution >= 4 is 16.7 Å². The van der Waals surface area contributed by atoms with Gasteiger partial charge in [-0.15, -0.1) is 13.2 Å². The topological polar surface area (TPSA) is 84.1 Å². The van der Waals surface area contributed by atoms with Crippen molar-refractivity contribution in [3.63, 3.8) is 0 Å². The van der Waals surface area contributed by atoms with Crippen LogP contribution in [-0.4, -0.2) is 22.5 Å². The quantitative estimate of drug-likeness (QED) is 0.747. The van der Waals surface area contributed by atoms with Gasteiger partial charge in [0.1, 0.15) is 5.75 Å². The van der Waals surface area contributed by atoms with Crippen molar-refractivity contribution in [3.05, 3.63) is 70.1 Å². The summed E-state index contributed by atoms with van der Waals surface area (Å²) in [5, 5.41) is 9.07. The molecule has 3 aromatic rings. The van der Waals surface area contributed by atoms with E-state index < -0.39 is 23.6 Å². The Morgan fingerprint density at radius 3 is 2.46 bits per heavy atom. The van der Waals surface area contributed by atoms with Crippen LogP contribution in [0.1, 0.15) is 16.1 Å². The molecule has 9 heteroatoms. The highest BCUT2D eigenvalue weighted by atomic mass is 19.4. The number of H-pyrrole nitrogens is 1. The highest BCUT2D eigenvalue weighted by molar-refractivity contribution is 6.04. The number of hydrogen-bond donors (Lipinski definition) is 2. The number of ether oxygens (including phenoxy) is 1. The Morgan fingerprint density at radius 1 is 1.08 bits per heavy atom. The van der Waals surface area contributed by atoms with Crippen molar-refractivity contribution in [2.24, 2.45) is 0 Å². The molecule has 26 heavy (non-hydrogen) atoms. The second-order valence-electron chi connectivity index (χ2n) is 5.29. The monoisotopic (exact) mass is 363 g/mol. The number of nitrogens with one attached hydrogen (secondary N) is 2. The SMILES string of the molecule is O=C(NCc1ccccc1OC(F)(F)F)c1n[nH]c(=O)c2ccccc12. The van der Waals surface area contributed by atoms with Crippen LogP contribution in [-0.2, 0) is 6.54 Å². The Balaban J connectivity index is 1.83. The summed E-state index contributed by atoms with van der Waals surface area (Å²) >= 11 is 0. The first-order chi connectivity index (χ1) is 12.3. The molecule has 0 bridgehead atoms. The lowest BCUT2D eigenvalue weighted by molar-refractivity contribution is -0.274. The molecule has 3 rings (SSSR count). The first-order valence-corrected chi connectivity index (χ1v) is 7.44. The number of hydrogen-bond acceptors (Lipinski definition) is 4. The van der Waals surface area contributed by atoms with Crippen LogP contribution in [0.3, 0.4) is 0 Å². The molecular formula is C17H12F3N3O3. The molecule has 1 heterocycles. The van der Waals surface area contributed by atoms with Crippen LogP contribution in [0.5, 0.6) is 5.75 Å². The molecule has 0 fully saturated rings. The van der Waals surface area contributed by atoms with Crippen LogP contribution in [0.4, 0.5) is 13.2 Å². The lowest BCUT2D eigenvalue weighted by Crippen LogP contribution is -2.27. The Hall–Kier alpha value is -3.36. The fourth-order valence-corrected chi connectivity index (χ4v) is 2.42. The van der Waals surface area contributed by atoms with Crippen molar-refractivity contribution in [1.29, 1.82) is 0 Å². The first-order valence-electron chi connectivity index (χ1n) is 7.44. The van der Waals surface area contributed by atoms with E-state index in [0.717, 1.165) is 6.07 Å². The number of carbonyl (C=O) groups excluding carboxylic acids is 1. The second kappa shape index (κ2) is 6.87. The summed E-state index contributed by atoms with van der Waals surface area (Å²) in [6.45, 7) is -0.208. The number of para-hydroxylation sites is 1. The Morgan fingerprint density at radius 2 is 1.73 bits per heavy atom. The normalized spacial score (nSPS) is 11.3. The van der Waals surface area contributed by atoms with E-state index in [2.05, 4.69) is 20.3 Å². The highest BCUT2D eigenvalue weighted by Crippen LogP contribution is 2.26. The van der Waals surface area contributed by atoms with Crippen LogP contribution >= 0.6 is 0 Å². The zero-order chi connectivity index (χ0) is 18.7. The summed E-state index contributed by atoms with van der Waals surface area (Å²) in [5.41, 5.74) is -0.331. The lowest BCUT2D eigenvalue weighted by atomic mass is 10.1. The third-order valence-electron chi connectivity index (χ3n) is 3.55. The number of benzene rings is 2. The third kappa shape index (κ3) is 3.82. The summed E-state index contributed by atoms with van der Waals surface area (Å²) in [4.78, 5) is 24.1. The maximum Gasteiger partial charge on any atom is 0.573 e. The van der Waals surface area contributed by atoms with Gasteiger partial charge >= 0.3 is 6.36 Å². The average Bonchev–Trinajstić information content (AvgIpc) is 2.60. The molecule has 0 aliphatic carbocycles. The number of nitrogens with zero attached hydrogens (tertiary/aromatic N) is 1. The van der Waals surface area contributed by atoms with E-state index in [1.54, 1.807) is 24.3 Å². The minimum absolute atomic E-state index is 0.0329. The maximum absolute atomic E-state index is 12.4. The lowest BCUT2D eigenvalue weighted by Gasteiger charge is -2.13. The van der Waals surface area contributed by atoms with Gasteiger partial charge in [-0.1, -0.05) is 36.4 Å². The van der Waals surface area contributed by atoms with Crippen molar-refractivity contribution in [1.82, 2.24) is 15.5 Å². The second-order valence-corrected chi connectivity index (χ2v) is 5.29. The van der Waals surface area contributed by atoms with Crippen LogP contribution < -0.4 is 15.6 Å². The fraction of sp³-hybridized carbons (Fsp3) is 0.118. The molecule has 1 amide bonds. The maximum atomic E-state index is 12.4. The van der Waals surface area contributed by atoms with Crippen molar-refractivity contribution in [2.45, 2.75) is 12.9 Å².